The van der Waals surface area contributed by atoms with Crippen LogP contribution in [0.2, 0.25) is 0 Å². The minimum Gasteiger partial charge on any atom is -0.469 e. The van der Waals surface area contributed by atoms with E-state index in [2.05, 4.69) is 36.1 Å². The molecule has 2 N–H and O–H groups in total. The molecular formula is C20H30N2O4. The third-order valence-electron chi connectivity index (χ3n) is 4.01. The fourth-order valence-corrected chi connectivity index (χ4v) is 2.33. The molecule has 0 unspecified atom stereocenters. The van der Waals surface area contributed by atoms with E-state index in [-0.39, 0.29) is 36.2 Å². The number of ether oxygens (including phenoxy) is 1. The second-order valence-electron chi connectivity index (χ2n) is 7.22. The molecule has 26 heavy (non-hydrogen) atoms. The summed E-state index contributed by atoms with van der Waals surface area (Å²) >= 11 is 0. The van der Waals surface area contributed by atoms with E-state index in [0.717, 1.165) is 0 Å². The van der Waals surface area contributed by atoms with Crippen LogP contribution in [0, 0.1) is 0 Å². The molecule has 0 bridgehead atoms. The highest BCUT2D eigenvalue weighted by Crippen LogP contribution is 2.22. The van der Waals surface area contributed by atoms with E-state index in [9.17, 15) is 14.4 Å². The smallest absolute Gasteiger partial charge is 0.305 e. The van der Waals surface area contributed by atoms with Crippen molar-refractivity contribution in [3.63, 3.8) is 0 Å². The Labute approximate surface area is 155 Å². The quantitative estimate of drug-likeness (QED) is 0.522. The van der Waals surface area contributed by atoms with Gasteiger partial charge in [0.05, 0.1) is 7.11 Å². The number of benzene rings is 1. The molecule has 6 heteroatoms. The monoisotopic (exact) mass is 362 g/mol. The highest BCUT2D eigenvalue weighted by molar-refractivity contribution is 5.94. The molecule has 0 aliphatic rings. The Balaban J connectivity index is 2.23. The number of rotatable bonds is 9. The molecule has 0 aliphatic carbocycles. The lowest BCUT2D eigenvalue weighted by atomic mass is 9.87. The van der Waals surface area contributed by atoms with Crippen molar-refractivity contribution in [1.82, 2.24) is 10.6 Å². The SMILES string of the molecule is COC(=O)CCCCNC(=O)CCNC(=O)c1ccc(C(C)(C)C)cc1. The van der Waals surface area contributed by atoms with Gasteiger partial charge in [0.1, 0.15) is 0 Å². The first-order valence-corrected chi connectivity index (χ1v) is 8.96. The van der Waals surface area contributed by atoms with Crippen LogP contribution in [-0.4, -0.2) is 38.0 Å². The molecule has 1 aromatic rings. The highest BCUT2D eigenvalue weighted by atomic mass is 16.5. The fraction of sp³-hybridized carbons (Fsp3) is 0.550. The summed E-state index contributed by atoms with van der Waals surface area (Å²) in [6.45, 7) is 7.16. The second-order valence-corrected chi connectivity index (χ2v) is 7.22. The van der Waals surface area contributed by atoms with Crippen molar-refractivity contribution < 1.29 is 19.1 Å². The van der Waals surface area contributed by atoms with Crippen LogP contribution in [0.3, 0.4) is 0 Å². The van der Waals surface area contributed by atoms with Crippen molar-refractivity contribution in [2.45, 2.75) is 51.9 Å². The number of amides is 2. The molecule has 0 aromatic heterocycles. The highest BCUT2D eigenvalue weighted by Gasteiger charge is 2.14. The molecule has 0 fully saturated rings. The standard InChI is InChI=1S/C20H30N2O4/c1-20(2,3)16-10-8-15(9-11-16)19(25)22-14-12-17(23)21-13-6-5-7-18(24)26-4/h8-11H,5-7,12-14H2,1-4H3,(H,21,23)(H,22,25). The number of carbonyl (C=O) groups excluding carboxylic acids is 3. The van der Waals surface area contributed by atoms with Crippen LogP contribution >= 0.6 is 0 Å². The number of methoxy groups -OCH3 is 1. The van der Waals surface area contributed by atoms with Gasteiger partial charge in [-0.3, -0.25) is 14.4 Å². The van der Waals surface area contributed by atoms with Crippen LogP contribution in [0.5, 0.6) is 0 Å². The molecule has 0 spiro atoms. The average Bonchev–Trinajstić information content (AvgIpc) is 2.60. The molecule has 6 nitrogen and oxygen atoms in total. The molecule has 2 amide bonds. The van der Waals surface area contributed by atoms with Crippen LogP contribution in [0.25, 0.3) is 0 Å². The zero-order valence-corrected chi connectivity index (χ0v) is 16.2. The van der Waals surface area contributed by atoms with Gasteiger partial charge in [-0.05, 0) is 36.0 Å². The zero-order valence-electron chi connectivity index (χ0n) is 16.2. The Hall–Kier alpha value is -2.37. The van der Waals surface area contributed by atoms with Gasteiger partial charge < -0.3 is 15.4 Å². The van der Waals surface area contributed by atoms with Gasteiger partial charge in [-0.1, -0.05) is 32.9 Å². The molecule has 1 aromatic carbocycles. The van der Waals surface area contributed by atoms with Crippen LogP contribution < -0.4 is 10.6 Å². The van der Waals surface area contributed by atoms with Gasteiger partial charge in [-0.25, -0.2) is 0 Å². The van der Waals surface area contributed by atoms with E-state index in [4.69, 9.17) is 0 Å². The minimum atomic E-state index is -0.241. The van der Waals surface area contributed by atoms with Crippen molar-refractivity contribution in [2.75, 3.05) is 20.2 Å². The van der Waals surface area contributed by atoms with Crippen molar-refractivity contribution in [2.24, 2.45) is 0 Å². The second kappa shape index (κ2) is 10.6. The van der Waals surface area contributed by atoms with Gasteiger partial charge in [0.2, 0.25) is 5.91 Å². The third kappa shape index (κ3) is 8.14. The summed E-state index contributed by atoms with van der Waals surface area (Å²) in [5.41, 5.74) is 1.80. The number of nitrogens with one attached hydrogen (secondary N) is 2. The predicted molar refractivity (Wildman–Crippen MR) is 101 cm³/mol. The number of unbranched alkanes of at least 4 members (excludes halogenated alkanes) is 1. The van der Waals surface area contributed by atoms with E-state index in [0.29, 0.717) is 31.4 Å². The summed E-state index contributed by atoms with van der Waals surface area (Å²) in [4.78, 5) is 34.8. The van der Waals surface area contributed by atoms with Crippen LogP contribution in [-0.2, 0) is 19.7 Å². The summed E-state index contributed by atoms with van der Waals surface area (Å²) in [5.74, 6) is -0.544. The van der Waals surface area contributed by atoms with Crippen molar-refractivity contribution >= 4 is 17.8 Å². The molecule has 0 heterocycles. The summed E-state index contributed by atoms with van der Waals surface area (Å²) in [6, 6.07) is 7.51. The first kappa shape index (κ1) is 21.7. The molecule has 0 atom stereocenters. The summed E-state index contributed by atoms with van der Waals surface area (Å²) in [5, 5.41) is 5.52. The first-order valence-electron chi connectivity index (χ1n) is 8.96. The summed E-state index contributed by atoms with van der Waals surface area (Å²) in [6.07, 6.45) is 1.97. The number of carbonyl (C=O) groups is 3. The predicted octanol–water partition coefficient (Wildman–Crippen LogP) is 2.56. The molecule has 0 radical (unpaired) electrons. The summed E-state index contributed by atoms with van der Waals surface area (Å²) < 4.78 is 4.55. The van der Waals surface area contributed by atoms with Crippen molar-refractivity contribution in [3.05, 3.63) is 35.4 Å². The topological polar surface area (TPSA) is 84.5 Å². The van der Waals surface area contributed by atoms with Gasteiger partial charge in [0.15, 0.2) is 0 Å². The Bertz CT molecular complexity index is 603. The van der Waals surface area contributed by atoms with E-state index < -0.39 is 0 Å². The Morgan fingerprint density at radius 3 is 2.15 bits per heavy atom. The fourth-order valence-electron chi connectivity index (χ4n) is 2.33. The van der Waals surface area contributed by atoms with Crippen LogP contribution in [0.1, 0.15) is 62.4 Å². The Morgan fingerprint density at radius 2 is 1.58 bits per heavy atom. The largest absolute Gasteiger partial charge is 0.469 e. The maximum Gasteiger partial charge on any atom is 0.305 e. The average molecular weight is 362 g/mol. The summed E-state index contributed by atoms with van der Waals surface area (Å²) in [7, 11) is 1.36. The van der Waals surface area contributed by atoms with Gasteiger partial charge in [-0.15, -0.1) is 0 Å². The van der Waals surface area contributed by atoms with Crippen LogP contribution in [0.4, 0.5) is 0 Å². The molecule has 0 saturated heterocycles. The lowest BCUT2D eigenvalue weighted by Crippen LogP contribution is -2.31. The lowest BCUT2D eigenvalue weighted by Gasteiger charge is -2.19. The Morgan fingerprint density at radius 1 is 0.923 bits per heavy atom. The maximum absolute atomic E-state index is 12.1. The van der Waals surface area contributed by atoms with E-state index >= 15 is 0 Å². The van der Waals surface area contributed by atoms with E-state index in [1.54, 1.807) is 12.1 Å². The number of esters is 1. The zero-order chi connectivity index (χ0) is 19.6. The molecule has 0 saturated carbocycles. The normalized spacial score (nSPS) is 10.9. The molecular weight excluding hydrogens is 332 g/mol. The Kier molecular flexibility index (Phi) is 8.82. The van der Waals surface area contributed by atoms with Crippen molar-refractivity contribution in [1.29, 1.82) is 0 Å². The number of hydrogen-bond donors (Lipinski definition) is 2. The molecule has 144 valence electrons. The maximum atomic E-state index is 12.1. The number of hydrogen-bond acceptors (Lipinski definition) is 4. The third-order valence-corrected chi connectivity index (χ3v) is 4.01. The van der Waals surface area contributed by atoms with E-state index in [1.165, 1.54) is 12.7 Å². The first-order chi connectivity index (χ1) is 12.2. The van der Waals surface area contributed by atoms with E-state index in [1.807, 2.05) is 12.1 Å². The molecule has 1 rings (SSSR count). The van der Waals surface area contributed by atoms with Gasteiger partial charge in [0.25, 0.3) is 5.91 Å². The lowest BCUT2D eigenvalue weighted by molar-refractivity contribution is -0.140. The van der Waals surface area contributed by atoms with Gasteiger partial charge in [0, 0.05) is 31.5 Å². The molecule has 0 aliphatic heterocycles. The van der Waals surface area contributed by atoms with Gasteiger partial charge in [-0.2, -0.15) is 0 Å². The van der Waals surface area contributed by atoms with Gasteiger partial charge >= 0.3 is 5.97 Å². The van der Waals surface area contributed by atoms with Crippen LogP contribution in [0.15, 0.2) is 24.3 Å². The minimum absolute atomic E-state index is 0.0456. The van der Waals surface area contributed by atoms with Crippen molar-refractivity contribution in [3.8, 4) is 0 Å².